The number of fused-ring (bicyclic) bond motifs is 1. The molecule has 4 rings (SSSR count). The number of methoxy groups -OCH3 is 1. The van der Waals surface area contributed by atoms with Gasteiger partial charge in [-0.25, -0.2) is 9.67 Å². The van der Waals surface area contributed by atoms with Crippen LogP contribution in [-0.4, -0.2) is 27.8 Å². The number of carbonyl (C=O) groups excluding carboxylic acids is 1. The molecule has 170 valence electrons. The normalized spacial score (nSPS) is 12.1. The van der Waals surface area contributed by atoms with E-state index >= 15 is 0 Å². The van der Waals surface area contributed by atoms with Gasteiger partial charge < -0.3 is 10.1 Å². The predicted octanol–water partition coefficient (Wildman–Crippen LogP) is 4.74. The zero-order valence-corrected chi connectivity index (χ0v) is 19.4. The first kappa shape index (κ1) is 22.5. The number of nitrogens with one attached hydrogen (secondary N) is 1. The fourth-order valence-corrected chi connectivity index (χ4v) is 4.04. The van der Waals surface area contributed by atoms with Crippen LogP contribution in [0.1, 0.15) is 36.7 Å². The van der Waals surface area contributed by atoms with E-state index in [1.54, 1.807) is 13.3 Å². The Morgan fingerprint density at radius 1 is 1.03 bits per heavy atom. The zero-order valence-electron chi connectivity index (χ0n) is 19.4. The number of carbonyl (C=O) groups is 1. The molecule has 2 aromatic heterocycles. The molecule has 0 bridgehead atoms. The van der Waals surface area contributed by atoms with E-state index < -0.39 is 0 Å². The maximum Gasteiger partial charge on any atom is 0.224 e. The van der Waals surface area contributed by atoms with Crippen molar-refractivity contribution in [2.24, 2.45) is 5.92 Å². The van der Waals surface area contributed by atoms with E-state index in [0.29, 0.717) is 12.3 Å². The van der Waals surface area contributed by atoms with Crippen molar-refractivity contribution in [1.82, 2.24) is 20.1 Å². The highest BCUT2D eigenvalue weighted by Gasteiger charge is 2.23. The van der Waals surface area contributed by atoms with E-state index in [2.05, 4.69) is 36.3 Å². The summed E-state index contributed by atoms with van der Waals surface area (Å²) in [6.45, 7) is 5.09. The molecule has 0 unspecified atom stereocenters. The van der Waals surface area contributed by atoms with Crippen LogP contribution >= 0.6 is 0 Å². The van der Waals surface area contributed by atoms with Crippen LogP contribution in [-0.2, 0) is 24.2 Å². The Kier molecular flexibility index (Phi) is 7.03. The molecule has 0 aliphatic rings. The van der Waals surface area contributed by atoms with Crippen LogP contribution < -0.4 is 10.1 Å². The summed E-state index contributed by atoms with van der Waals surface area (Å²) in [7, 11) is 1.63. The number of hydrogen-bond donors (Lipinski definition) is 1. The molecule has 6 nitrogen and oxygen atoms in total. The minimum Gasteiger partial charge on any atom is -0.497 e. The van der Waals surface area contributed by atoms with Gasteiger partial charge in [-0.1, -0.05) is 56.3 Å². The number of pyridine rings is 1. The number of hydrogen-bond acceptors (Lipinski definition) is 4. The Balaban J connectivity index is 1.66. The van der Waals surface area contributed by atoms with E-state index in [-0.39, 0.29) is 18.4 Å². The molecule has 0 saturated heterocycles. The van der Waals surface area contributed by atoms with Gasteiger partial charge in [0.05, 0.1) is 25.3 Å². The molecule has 0 fully saturated rings. The smallest absolute Gasteiger partial charge is 0.224 e. The van der Waals surface area contributed by atoms with Gasteiger partial charge in [-0.15, -0.1) is 0 Å². The molecular formula is C27H30N4O2. The third-order valence-corrected chi connectivity index (χ3v) is 5.52. The second-order valence-electron chi connectivity index (χ2n) is 8.67. The third-order valence-electron chi connectivity index (χ3n) is 5.52. The van der Waals surface area contributed by atoms with Crippen molar-refractivity contribution >= 4 is 16.9 Å². The van der Waals surface area contributed by atoms with Crippen molar-refractivity contribution in [2.75, 3.05) is 7.11 Å². The first-order chi connectivity index (χ1) is 16.0. The molecule has 0 saturated carbocycles. The van der Waals surface area contributed by atoms with Crippen LogP contribution in [0.3, 0.4) is 0 Å². The Labute approximate surface area is 194 Å². The Hall–Kier alpha value is -3.67. The highest BCUT2D eigenvalue weighted by molar-refractivity contribution is 5.82. The first-order valence-electron chi connectivity index (χ1n) is 11.3. The molecular weight excluding hydrogens is 412 g/mol. The average molecular weight is 443 g/mol. The Morgan fingerprint density at radius 2 is 1.82 bits per heavy atom. The fraction of sp³-hybridized carbons (Fsp3) is 0.296. The van der Waals surface area contributed by atoms with E-state index in [9.17, 15) is 4.79 Å². The number of benzene rings is 2. The maximum atomic E-state index is 13.1. The molecule has 0 radical (unpaired) electrons. The summed E-state index contributed by atoms with van der Waals surface area (Å²) in [4.78, 5) is 17.7. The summed E-state index contributed by atoms with van der Waals surface area (Å²) < 4.78 is 7.26. The Morgan fingerprint density at radius 3 is 2.58 bits per heavy atom. The van der Waals surface area contributed by atoms with Crippen molar-refractivity contribution in [2.45, 2.75) is 39.3 Å². The number of ether oxygens (including phenoxy) is 1. The molecule has 1 amide bonds. The summed E-state index contributed by atoms with van der Waals surface area (Å²) >= 11 is 0. The number of rotatable bonds is 9. The Bertz CT molecular complexity index is 1220. The van der Waals surface area contributed by atoms with Gasteiger partial charge in [0.1, 0.15) is 5.75 Å². The van der Waals surface area contributed by atoms with Gasteiger partial charge in [0.2, 0.25) is 5.91 Å². The molecule has 2 aromatic carbocycles. The second-order valence-corrected chi connectivity index (χ2v) is 8.67. The molecule has 1 atom stereocenters. The van der Waals surface area contributed by atoms with Crippen LogP contribution in [0.15, 0.2) is 72.9 Å². The standard InChI is InChI=1S/C27H30N4O2/c1-19(2)18-31-27-23(13-8-14-28-27)26(30-31)24(16-20-9-5-4-6-10-20)29-25(32)17-21-11-7-12-22(15-21)33-3/h4-15,19,24H,16-18H2,1-3H3,(H,29,32)/t24-/m0/s1. The van der Waals surface area contributed by atoms with Crippen molar-refractivity contribution in [3.63, 3.8) is 0 Å². The van der Waals surface area contributed by atoms with Gasteiger partial charge in [0.25, 0.3) is 0 Å². The summed E-state index contributed by atoms with van der Waals surface area (Å²) in [5.74, 6) is 1.11. The molecule has 0 spiro atoms. The largest absolute Gasteiger partial charge is 0.497 e. The number of aromatic nitrogens is 3. The molecule has 1 N–H and O–H groups in total. The molecule has 0 aliphatic heterocycles. The maximum absolute atomic E-state index is 13.1. The van der Waals surface area contributed by atoms with Gasteiger partial charge in [-0.3, -0.25) is 4.79 Å². The quantitative estimate of drug-likeness (QED) is 0.407. The van der Waals surface area contributed by atoms with E-state index in [1.807, 2.05) is 59.3 Å². The second kappa shape index (κ2) is 10.3. The molecule has 33 heavy (non-hydrogen) atoms. The minimum absolute atomic E-state index is 0.0559. The molecule has 6 heteroatoms. The SMILES string of the molecule is COc1cccc(CC(=O)N[C@@H](Cc2ccccc2)c2nn(CC(C)C)c3ncccc23)c1. The van der Waals surface area contributed by atoms with Gasteiger partial charge in [-0.05, 0) is 47.7 Å². The molecule has 2 heterocycles. The summed E-state index contributed by atoms with van der Waals surface area (Å²) in [6, 6.07) is 21.5. The van der Waals surface area contributed by atoms with E-state index in [0.717, 1.165) is 40.1 Å². The monoisotopic (exact) mass is 442 g/mol. The lowest BCUT2D eigenvalue weighted by Gasteiger charge is -2.18. The van der Waals surface area contributed by atoms with E-state index in [4.69, 9.17) is 9.84 Å². The van der Waals surface area contributed by atoms with Crippen LogP contribution in [0.25, 0.3) is 11.0 Å². The lowest BCUT2D eigenvalue weighted by molar-refractivity contribution is -0.121. The van der Waals surface area contributed by atoms with Crippen molar-refractivity contribution in [3.05, 3.63) is 89.7 Å². The molecule has 0 aliphatic carbocycles. The summed E-state index contributed by atoms with van der Waals surface area (Å²) in [5.41, 5.74) is 3.74. The highest BCUT2D eigenvalue weighted by atomic mass is 16.5. The average Bonchev–Trinajstić information content (AvgIpc) is 3.17. The van der Waals surface area contributed by atoms with Crippen LogP contribution in [0.4, 0.5) is 0 Å². The minimum atomic E-state index is -0.273. The topological polar surface area (TPSA) is 69.0 Å². The lowest BCUT2D eigenvalue weighted by Crippen LogP contribution is -2.31. The van der Waals surface area contributed by atoms with Crippen LogP contribution in [0, 0.1) is 5.92 Å². The van der Waals surface area contributed by atoms with Crippen LogP contribution in [0.5, 0.6) is 5.75 Å². The van der Waals surface area contributed by atoms with Crippen molar-refractivity contribution in [3.8, 4) is 5.75 Å². The molecule has 4 aromatic rings. The van der Waals surface area contributed by atoms with Gasteiger partial charge in [0, 0.05) is 18.1 Å². The first-order valence-corrected chi connectivity index (χ1v) is 11.3. The predicted molar refractivity (Wildman–Crippen MR) is 130 cm³/mol. The van der Waals surface area contributed by atoms with Crippen LogP contribution in [0.2, 0.25) is 0 Å². The zero-order chi connectivity index (χ0) is 23.2. The number of amides is 1. The summed E-state index contributed by atoms with van der Waals surface area (Å²) in [6.07, 6.45) is 2.71. The summed E-state index contributed by atoms with van der Waals surface area (Å²) in [5, 5.41) is 9.15. The van der Waals surface area contributed by atoms with Gasteiger partial charge >= 0.3 is 0 Å². The van der Waals surface area contributed by atoms with E-state index in [1.165, 1.54) is 0 Å². The van der Waals surface area contributed by atoms with Crippen molar-refractivity contribution < 1.29 is 9.53 Å². The number of nitrogens with zero attached hydrogens (tertiary/aromatic N) is 3. The van der Waals surface area contributed by atoms with Gasteiger partial charge in [-0.2, -0.15) is 5.10 Å². The van der Waals surface area contributed by atoms with Crippen molar-refractivity contribution in [1.29, 1.82) is 0 Å². The fourth-order valence-electron chi connectivity index (χ4n) is 4.04. The third kappa shape index (κ3) is 5.58. The highest BCUT2D eigenvalue weighted by Crippen LogP contribution is 2.26. The lowest BCUT2D eigenvalue weighted by atomic mass is 10.0. The van der Waals surface area contributed by atoms with Gasteiger partial charge in [0.15, 0.2) is 5.65 Å².